The van der Waals surface area contributed by atoms with E-state index in [4.69, 9.17) is 51.6 Å². The van der Waals surface area contributed by atoms with Crippen LogP contribution in [-0.2, 0) is 4.74 Å². The van der Waals surface area contributed by atoms with Gasteiger partial charge in [0.05, 0.1) is 63.8 Å². The lowest BCUT2D eigenvalue weighted by atomic mass is 9.85. The zero-order valence-electron chi connectivity index (χ0n) is 23.0. The highest BCUT2D eigenvalue weighted by Gasteiger charge is 2.34. The van der Waals surface area contributed by atoms with Gasteiger partial charge in [0.25, 0.3) is 0 Å². The van der Waals surface area contributed by atoms with Crippen molar-refractivity contribution < 1.29 is 43.1 Å². The summed E-state index contributed by atoms with van der Waals surface area (Å²) in [5, 5.41) is 12.4. The molecule has 4 rings (SSSR count). The van der Waals surface area contributed by atoms with Crippen LogP contribution in [0.3, 0.4) is 0 Å². The Labute approximate surface area is 246 Å². The molecule has 0 bridgehead atoms. The van der Waals surface area contributed by atoms with E-state index in [9.17, 15) is 14.7 Å². The smallest absolute Gasteiger partial charge is 0.339 e. The van der Waals surface area contributed by atoms with Crippen LogP contribution in [0.25, 0.3) is 21.9 Å². The summed E-state index contributed by atoms with van der Waals surface area (Å²) in [5.41, 5.74) is 0.131. The largest absolute Gasteiger partial charge is 0.506 e. The van der Waals surface area contributed by atoms with Crippen molar-refractivity contribution in [3.63, 3.8) is 0 Å². The van der Waals surface area contributed by atoms with Gasteiger partial charge < -0.3 is 33.5 Å². The van der Waals surface area contributed by atoms with E-state index >= 15 is 0 Å². The molecular formula is C30H26Cl2O9. The van der Waals surface area contributed by atoms with Crippen molar-refractivity contribution in [2.24, 2.45) is 0 Å². The molecule has 0 atom stereocenters. The maximum Gasteiger partial charge on any atom is 0.339 e. The van der Waals surface area contributed by atoms with Crippen LogP contribution in [0, 0.1) is 0 Å². The standard InChI is InChI=1S/C30H26Cl2O9/c1-36-19-10-8-14(12-20(19)37-2)22-23-16(13-21(38-3)28(39-4)29(23)40-5)27(34)25(24(22)30(35)41-6)26(33)15-7-9-17(31)18(32)11-15/h7-13,34H,1-6H3. The van der Waals surface area contributed by atoms with Gasteiger partial charge in [0, 0.05) is 21.9 Å². The Kier molecular flexibility index (Phi) is 8.70. The summed E-state index contributed by atoms with van der Waals surface area (Å²) in [6, 6.07) is 10.7. The average Bonchev–Trinajstić information content (AvgIpc) is 3.00. The Morgan fingerprint density at radius 3 is 1.90 bits per heavy atom. The van der Waals surface area contributed by atoms with Crippen LogP contribution >= 0.6 is 23.2 Å². The molecule has 4 aromatic rings. The van der Waals surface area contributed by atoms with Gasteiger partial charge in [0.2, 0.25) is 5.75 Å². The monoisotopic (exact) mass is 600 g/mol. The molecule has 214 valence electrons. The molecule has 11 heteroatoms. The van der Waals surface area contributed by atoms with E-state index in [0.717, 1.165) is 0 Å². The number of phenolic OH excluding ortho intramolecular Hbond substituents is 1. The second-order valence-electron chi connectivity index (χ2n) is 8.56. The molecule has 0 radical (unpaired) electrons. The van der Waals surface area contributed by atoms with E-state index in [-0.39, 0.29) is 60.3 Å². The number of aromatic hydroxyl groups is 1. The number of fused-ring (bicyclic) bond motifs is 1. The predicted octanol–water partition coefficient (Wildman–Crippen LogP) is 6.58. The summed E-state index contributed by atoms with van der Waals surface area (Å²) < 4.78 is 32.9. The lowest BCUT2D eigenvalue weighted by Gasteiger charge is -2.23. The fourth-order valence-corrected chi connectivity index (χ4v) is 4.98. The maximum absolute atomic E-state index is 14.1. The molecule has 1 N–H and O–H groups in total. The fourth-order valence-electron chi connectivity index (χ4n) is 4.68. The van der Waals surface area contributed by atoms with Gasteiger partial charge in [-0.2, -0.15) is 0 Å². The zero-order valence-corrected chi connectivity index (χ0v) is 24.5. The van der Waals surface area contributed by atoms with E-state index in [0.29, 0.717) is 17.1 Å². The van der Waals surface area contributed by atoms with Gasteiger partial charge in [0.1, 0.15) is 5.75 Å². The summed E-state index contributed by atoms with van der Waals surface area (Å²) in [7, 11) is 8.36. The lowest BCUT2D eigenvalue weighted by molar-refractivity contribution is 0.0598. The number of hydrogen-bond donors (Lipinski definition) is 1. The lowest BCUT2D eigenvalue weighted by Crippen LogP contribution is -2.15. The Morgan fingerprint density at radius 1 is 0.683 bits per heavy atom. The molecule has 0 heterocycles. The number of methoxy groups -OCH3 is 6. The number of phenols is 1. The summed E-state index contributed by atoms with van der Waals surface area (Å²) in [6.07, 6.45) is 0. The number of carbonyl (C=O) groups is 2. The minimum atomic E-state index is -0.896. The van der Waals surface area contributed by atoms with E-state index < -0.39 is 17.5 Å². The maximum atomic E-state index is 14.1. The highest BCUT2D eigenvalue weighted by Crippen LogP contribution is 2.53. The number of ether oxygens (including phenoxy) is 6. The molecule has 9 nitrogen and oxygen atoms in total. The molecule has 0 aliphatic heterocycles. The highest BCUT2D eigenvalue weighted by molar-refractivity contribution is 6.42. The Hall–Kier alpha value is -4.34. The van der Waals surface area contributed by atoms with E-state index in [1.807, 2.05) is 0 Å². The van der Waals surface area contributed by atoms with Crippen molar-refractivity contribution >= 4 is 45.7 Å². The molecule has 0 aliphatic carbocycles. The Bertz CT molecular complexity index is 1680. The molecule has 0 fully saturated rings. The average molecular weight is 601 g/mol. The SMILES string of the molecule is COC(=O)c1c(C(=O)c2ccc(Cl)c(Cl)c2)c(O)c2cc(OC)c(OC)c(OC)c2c1-c1ccc(OC)c(OC)c1. The third-order valence-electron chi connectivity index (χ3n) is 6.54. The summed E-state index contributed by atoms with van der Waals surface area (Å²) in [5.74, 6) is -0.796. The van der Waals surface area contributed by atoms with Gasteiger partial charge in [-0.25, -0.2) is 4.79 Å². The first-order valence-electron chi connectivity index (χ1n) is 12.0. The number of hydrogen-bond acceptors (Lipinski definition) is 9. The molecule has 0 saturated heterocycles. The molecule has 0 spiro atoms. The van der Waals surface area contributed by atoms with E-state index in [1.54, 1.807) is 18.2 Å². The first-order chi connectivity index (χ1) is 19.7. The topological polar surface area (TPSA) is 110 Å². The molecule has 0 unspecified atom stereocenters. The Balaban J connectivity index is 2.30. The van der Waals surface area contributed by atoms with Crippen molar-refractivity contribution in [1.29, 1.82) is 0 Å². The van der Waals surface area contributed by atoms with Crippen LogP contribution in [0.4, 0.5) is 0 Å². The quantitative estimate of drug-likeness (QED) is 0.168. The molecule has 41 heavy (non-hydrogen) atoms. The molecule has 0 aliphatic rings. The van der Waals surface area contributed by atoms with Gasteiger partial charge in [-0.15, -0.1) is 0 Å². The molecule has 0 saturated carbocycles. The number of carbonyl (C=O) groups excluding carboxylic acids is 2. The highest BCUT2D eigenvalue weighted by atomic mass is 35.5. The fraction of sp³-hybridized carbons (Fsp3) is 0.200. The second-order valence-corrected chi connectivity index (χ2v) is 9.38. The van der Waals surface area contributed by atoms with E-state index in [1.165, 1.54) is 66.9 Å². The van der Waals surface area contributed by atoms with Crippen molar-refractivity contribution in [2.75, 3.05) is 42.7 Å². The van der Waals surface area contributed by atoms with Crippen molar-refractivity contribution in [3.05, 3.63) is 69.2 Å². The predicted molar refractivity (Wildman–Crippen MR) is 155 cm³/mol. The van der Waals surface area contributed by atoms with Crippen LogP contribution < -0.4 is 23.7 Å². The van der Waals surface area contributed by atoms with Crippen LogP contribution in [0.1, 0.15) is 26.3 Å². The van der Waals surface area contributed by atoms with Crippen LogP contribution in [0.2, 0.25) is 10.0 Å². The molecule has 4 aromatic carbocycles. The third-order valence-corrected chi connectivity index (χ3v) is 7.28. The van der Waals surface area contributed by atoms with Crippen LogP contribution in [0.5, 0.6) is 34.5 Å². The third kappa shape index (κ3) is 5.03. The normalized spacial score (nSPS) is 10.7. The number of benzene rings is 4. The second kappa shape index (κ2) is 12.0. The van der Waals surface area contributed by atoms with E-state index in [2.05, 4.69) is 0 Å². The Morgan fingerprint density at radius 2 is 1.34 bits per heavy atom. The molecule has 0 amide bonds. The van der Waals surface area contributed by atoms with Gasteiger partial charge in [-0.05, 0) is 42.0 Å². The van der Waals surface area contributed by atoms with Gasteiger partial charge in [-0.3, -0.25) is 4.79 Å². The van der Waals surface area contributed by atoms with Crippen LogP contribution in [0.15, 0.2) is 42.5 Å². The van der Waals surface area contributed by atoms with Crippen molar-refractivity contribution in [1.82, 2.24) is 0 Å². The van der Waals surface area contributed by atoms with Crippen molar-refractivity contribution in [2.45, 2.75) is 0 Å². The molecular weight excluding hydrogens is 575 g/mol. The summed E-state index contributed by atoms with van der Waals surface area (Å²) in [4.78, 5) is 27.6. The molecule has 0 aromatic heterocycles. The number of rotatable bonds is 9. The zero-order chi connectivity index (χ0) is 30.0. The van der Waals surface area contributed by atoms with Crippen LogP contribution in [-0.4, -0.2) is 59.5 Å². The minimum absolute atomic E-state index is 0.0740. The van der Waals surface area contributed by atoms with Gasteiger partial charge in [0.15, 0.2) is 28.8 Å². The summed E-state index contributed by atoms with van der Waals surface area (Å²) in [6.45, 7) is 0. The number of halogens is 2. The van der Waals surface area contributed by atoms with Crippen molar-refractivity contribution in [3.8, 4) is 45.6 Å². The summed E-state index contributed by atoms with van der Waals surface area (Å²) >= 11 is 12.3. The minimum Gasteiger partial charge on any atom is -0.506 e. The van der Waals surface area contributed by atoms with Gasteiger partial charge >= 0.3 is 5.97 Å². The first kappa shape index (κ1) is 29.6. The number of ketones is 1. The first-order valence-corrected chi connectivity index (χ1v) is 12.7. The van der Waals surface area contributed by atoms with Gasteiger partial charge in [-0.1, -0.05) is 29.3 Å². The number of esters is 1.